The molecule has 150 valence electrons. The minimum Gasteiger partial charge on any atom is -0.473 e. The second-order valence-electron chi connectivity index (χ2n) is 8.09. The van der Waals surface area contributed by atoms with Crippen LogP contribution in [0.15, 0.2) is 11.2 Å². The van der Waals surface area contributed by atoms with E-state index >= 15 is 0 Å². The van der Waals surface area contributed by atoms with Crippen molar-refractivity contribution in [1.29, 1.82) is 0 Å². The zero-order valence-electron chi connectivity index (χ0n) is 16.8. The van der Waals surface area contributed by atoms with E-state index in [9.17, 15) is 8.42 Å². The van der Waals surface area contributed by atoms with Crippen molar-refractivity contribution in [2.75, 3.05) is 6.61 Å². The highest BCUT2D eigenvalue weighted by molar-refractivity contribution is 8.13. The fourth-order valence-corrected chi connectivity index (χ4v) is 3.90. The standard InChI is InChI=1S/C17H31ClN2O4SSi/c1-13-12-19-16(25(18,21)22)15(20-13)24-14(2)10-8-9-11-23-26(6,7)17(3,4)5/h12,14H,8-11H2,1-7H3/t14-/m1/s1. The first-order chi connectivity index (χ1) is 11.7. The van der Waals surface area contributed by atoms with E-state index in [2.05, 4.69) is 43.8 Å². The Labute approximate surface area is 163 Å². The van der Waals surface area contributed by atoms with Crippen LogP contribution >= 0.6 is 10.7 Å². The Kier molecular flexibility index (Phi) is 8.07. The molecule has 1 aromatic rings. The summed E-state index contributed by atoms with van der Waals surface area (Å²) in [6.45, 7) is 15.5. The van der Waals surface area contributed by atoms with E-state index in [1.807, 2.05) is 6.92 Å². The highest BCUT2D eigenvalue weighted by Gasteiger charge is 2.36. The molecule has 0 fully saturated rings. The molecular weight excluding hydrogens is 392 g/mol. The zero-order chi connectivity index (χ0) is 20.2. The van der Waals surface area contributed by atoms with Gasteiger partial charge in [0.25, 0.3) is 14.9 Å². The number of hydrogen-bond acceptors (Lipinski definition) is 6. The summed E-state index contributed by atoms with van der Waals surface area (Å²) >= 11 is 0. The summed E-state index contributed by atoms with van der Waals surface area (Å²) in [5.74, 6) is -0.0370. The van der Waals surface area contributed by atoms with Crippen molar-refractivity contribution in [3.05, 3.63) is 11.9 Å². The smallest absolute Gasteiger partial charge is 0.284 e. The molecular formula is C17H31ClN2O4SSi. The van der Waals surface area contributed by atoms with Gasteiger partial charge < -0.3 is 9.16 Å². The number of rotatable bonds is 9. The van der Waals surface area contributed by atoms with Gasteiger partial charge in [-0.05, 0) is 51.2 Å². The van der Waals surface area contributed by atoms with Crippen molar-refractivity contribution in [2.24, 2.45) is 0 Å². The molecule has 0 unspecified atom stereocenters. The van der Waals surface area contributed by atoms with Gasteiger partial charge in [0.05, 0.1) is 11.8 Å². The third-order valence-corrected chi connectivity index (χ3v) is 10.4. The summed E-state index contributed by atoms with van der Waals surface area (Å²) in [6, 6.07) is 0. The lowest BCUT2D eigenvalue weighted by molar-refractivity contribution is 0.185. The number of nitrogens with zero attached hydrogens (tertiary/aromatic N) is 2. The average Bonchev–Trinajstić information content (AvgIpc) is 2.44. The van der Waals surface area contributed by atoms with Crippen LogP contribution in [-0.4, -0.2) is 39.4 Å². The molecule has 1 atom stereocenters. The Balaban J connectivity index is 2.52. The van der Waals surface area contributed by atoms with Crippen LogP contribution in [0.25, 0.3) is 0 Å². The third-order valence-electron chi connectivity index (χ3n) is 4.65. The highest BCUT2D eigenvalue weighted by Crippen LogP contribution is 2.36. The van der Waals surface area contributed by atoms with Gasteiger partial charge in [0.1, 0.15) is 0 Å². The first-order valence-corrected chi connectivity index (χ1v) is 14.0. The van der Waals surface area contributed by atoms with E-state index in [1.165, 1.54) is 6.20 Å². The van der Waals surface area contributed by atoms with E-state index in [1.54, 1.807) is 6.92 Å². The van der Waals surface area contributed by atoms with Gasteiger partial charge in [0, 0.05) is 23.5 Å². The molecule has 1 aromatic heterocycles. The second kappa shape index (κ2) is 8.99. The second-order valence-corrected chi connectivity index (χ2v) is 15.4. The van der Waals surface area contributed by atoms with E-state index < -0.39 is 17.4 Å². The number of ether oxygens (including phenoxy) is 1. The van der Waals surface area contributed by atoms with Gasteiger partial charge in [-0.15, -0.1) is 0 Å². The zero-order valence-corrected chi connectivity index (χ0v) is 19.4. The molecule has 0 aliphatic rings. The molecule has 0 bridgehead atoms. The van der Waals surface area contributed by atoms with Gasteiger partial charge in [-0.25, -0.2) is 18.4 Å². The molecule has 0 saturated carbocycles. The quantitative estimate of drug-likeness (QED) is 0.327. The van der Waals surface area contributed by atoms with Crippen LogP contribution in [0, 0.1) is 6.92 Å². The molecule has 9 heteroatoms. The molecule has 1 heterocycles. The van der Waals surface area contributed by atoms with Crippen LogP contribution in [0.2, 0.25) is 18.1 Å². The number of aryl methyl sites for hydroxylation is 1. The van der Waals surface area contributed by atoms with Gasteiger partial charge in [-0.2, -0.15) is 0 Å². The largest absolute Gasteiger partial charge is 0.473 e. The maximum atomic E-state index is 11.6. The predicted molar refractivity (Wildman–Crippen MR) is 107 cm³/mol. The van der Waals surface area contributed by atoms with Crippen LogP contribution in [0.3, 0.4) is 0 Å². The Bertz CT molecular complexity index is 705. The van der Waals surface area contributed by atoms with Crippen molar-refractivity contribution in [1.82, 2.24) is 9.97 Å². The number of aromatic nitrogens is 2. The summed E-state index contributed by atoms with van der Waals surface area (Å²) in [5.41, 5.74) is 0.569. The van der Waals surface area contributed by atoms with Crippen LogP contribution in [0.5, 0.6) is 5.88 Å². The molecule has 0 N–H and O–H groups in total. The molecule has 0 aromatic carbocycles. The number of hydrogen-bond donors (Lipinski definition) is 0. The average molecular weight is 423 g/mol. The first-order valence-electron chi connectivity index (χ1n) is 8.83. The molecule has 0 radical (unpaired) electrons. The fourth-order valence-electron chi connectivity index (χ4n) is 2.02. The molecule has 26 heavy (non-hydrogen) atoms. The Morgan fingerprint density at radius 1 is 1.27 bits per heavy atom. The minimum absolute atomic E-state index is 0.0370. The number of unbranched alkanes of at least 4 members (excludes halogenated alkanes) is 1. The van der Waals surface area contributed by atoms with Gasteiger partial charge in [-0.1, -0.05) is 20.8 Å². The van der Waals surface area contributed by atoms with E-state index in [0.717, 1.165) is 25.9 Å². The van der Waals surface area contributed by atoms with Gasteiger partial charge in [0.2, 0.25) is 5.03 Å². The van der Waals surface area contributed by atoms with E-state index in [-0.39, 0.29) is 22.0 Å². The SMILES string of the molecule is Cc1cnc(S(=O)(=O)Cl)c(O[C@H](C)CCCCO[Si](C)(C)C(C)(C)C)n1. The lowest BCUT2D eigenvalue weighted by Crippen LogP contribution is -2.40. The Morgan fingerprint density at radius 2 is 1.88 bits per heavy atom. The molecule has 0 spiro atoms. The summed E-state index contributed by atoms with van der Waals surface area (Å²) in [5, 5.41) is -0.130. The van der Waals surface area contributed by atoms with E-state index in [0.29, 0.717) is 5.69 Å². The summed E-state index contributed by atoms with van der Waals surface area (Å²) in [7, 11) is -0.304. The summed E-state index contributed by atoms with van der Waals surface area (Å²) in [4.78, 5) is 7.96. The van der Waals surface area contributed by atoms with Gasteiger partial charge in [-0.3, -0.25) is 0 Å². The predicted octanol–water partition coefficient (Wildman–Crippen LogP) is 4.67. The summed E-state index contributed by atoms with van der Waals surface area (Å²) in [6.07, 6.45) is 3.76. The Morgan fingerprint density at radius 3 is 2.42 bits per heavy atom. The fraction of sp³-hybridized carbons (Fsp3) is 0.765. The van der Waals surface area contributed by atoms with Crippen molar-refractivity contribution < 1.29 is 17.6 Å². The molecule has 0 amide bonds. The molecule has 0 aliphatic carbocycles. The molecule has 6 nitrogen and oxygen atoms in total. The van der Waals surface area contributed by atoms with Gasteiger partial charge >= 0.3 is 0 Å². The van der Waals surface area contributed by atoms with E-state index in [4.69, 9.17) is 19.8 Å². The molecule has 0 saturated heterocycles. The topological polar surface area (TPSA) is 78.4 Å². The lowest BCUT2D eigenvalue weighted by atomic mass is 10.2. The van der Waals surface area contributed by atoms with Crippen LogP contribution in [0.1, 0.15) is 52.7 Å². The van der Waals surface area contributed by atoms with Gasteiger partial charge in [0.15, 0.2) is 8.32 Å². The van der Waals surface area contributed by atoms with Crippen molar-refractivity contribution in [3.8, 4) is 5.88 Å². The highest BCUT2D eigenvalue weighted by atomic mass is 35.7. The molecule has 0 aliphatic heterocycles. The first kappa shape index (κ1) is 23.3. The van der Waals surface area contributed by atoms with Crippen molar-refractivity contribution in [3.63, 3.8) is 0 Å². The van der Waals surface area contributed by atoms with Crippen LogP contribution in [-0.2, 0) is 13.5 Å². The van der Waals surface area contributed by atoms with Crippen LogP contribution < -0.4 is 4.74 Å². The third kappa shape index (κ3) is 7.13. The minimum atomic E-state index is -4.00. The maximum absolute atomic E-state index is 11.6. The molecule has 1 rings (SSSR count). The van der Waals surface area contributed by atoms with Crippen LogP contribution in [0.4, 0.5) is 0 Å². The monoisotopic (exact) mass is 422 g/mol. The van der Waals surface area contributed by atoms with Crippen molar-refractivity contribution >= 4 is 28.1 Å². The summed E-state index contributed by atoms with van der Waals surface area (Å²) < 4.78 is 35.0. The Hall–Kier alpha value is -0.703. The number of halogens is 1. The van der Waals surface area contributed by atoms with Crippen molar-refractivity contribution in [2.45, 2.75) is 83.1 Å². The maximum Gasteiger partial charge on any atom is 0.284 e. The lowest BCUT2D eigenvalue weighted by Gasteiger charge is -2.36. The normalized spacial score (nSPS) is 14.3.